The molecule has 0 amide bonds. The number of nitrogens with zero attached hydrogens (tertiary/aromatic N) is 1. The lowest BCUT2D eigenvalue weighted by atomic mass is 10.1. The highest BCUT2D eigenvalue weighted by Gasteiger charge is 2.10. The Hall–Kier alpha value is -0.900. The van der Waals surface area contributed by atoms with Gasteiger partial charge in [-0.15, -0.1) is 0 Å². The molecule has 0 saturated carbocycles. The molecule has 13 heavy (non-hydrogen) atoms. The summed E-state index contributed by atoms with van der Waals surface area (Å²) in [5, 5.41) is 7.52. The molecule has 0 fully saturated rings. The molecule has 1 aromatic carbocycles. The van der Waals surface area contributed by atoms with Crippen molar-refractivity contribution in [3.63, 3.8) is 0 Å². The number of rotatable bonds is 1. The Bertz CT molecular complexity index is 450. The van der Waals surface area contributed by atoms with Crippen LogP contribution in [-0.4, -0.2) is 10.2 Å². The average molecular weight is 243 g/mol. The maximum atomic E-state index is 13.4. The van der Waals surface area contributed by atoms with E-state index in [-0.39, 0.29) is 5.82 Å². The molecule has 0 atom stereocenters. The van der Waals surface area contributed by atoms with Gasteiger partial charge in [0.1, 0.15) is 5.82 Å². The summed E-state index contributed by atoms with van der Waals surface area (Å²) in [6.07, 6.45) is 2.37. The molecule has 0 unspecified atom stereocenters. The Morgan fingerprint density at radius 2 is 2.38 bits per heavy atom. The number of nitrogens with one attached hydrogen (secondary N) is 1. The smallest absolute Gasteiger partial charge is 0.129 e. The fourth-order valence-electron chi connectivity index (χ4n) is 1.39. The van der Waals surface area contributed by atoms with Gasteiger partial charge < -0.3 is 0 Å². The topological polar surface area (TPSA) is 28.7 Å². The molecule has 1 N–H and O–H groups in total. The Balaban J connectivity index is 2.85. The van der Waals surface area contributed by atoms with E-state index in [1.54, 1.807) is 6.20 Å². The van der Waals surface area contributed by atoms with E-state index in [0.717, 1.165) is 15.4 Å². The molecule has 0 bridgehead atoms. The Morgan fingerprint density at radius 3 is 3.08 bits per heavy atom. The highest BCUT2D eigenvalue weighted by Crippen LogP contribution is 2.28. The third-order valence-corrected chi connectivity index (χ3v) is 2.99. The summed E-state index contributed by atoms with van der Waals surface area (Å²) in [4.78, 5) is 0. The number of benzene rings is 1. The zero-order chi connectivity index (χ0) is 9.42. The Labute approximate surface area is 83.3 Å². The molecule has 0 radical (unpaired) electrons. The maximum absolute atomic E-state index is 13.4. The van der Waals surface area contributed by atoms with Gasteiger partial charge in [-0.3, -0.25) is 5.10 Å². The van der Waals surface area contributed by atoms with Gasteiger partial charge in [0.05, 0.1) is 11.7 Å². The van der Waals surface area contributed by atoms with Crippen molar-refractivity contribution in [2.24, 2.45) is 0 Å². The molecule has 0 spiro atoms. The lowest BCUT2D eigenvalue weighted by molar-refractivity contribution is 0.612. The van der Waals surface area contributed by atoms with Crippen LogP contribution in [0, 0.1) is 5.82 Å². The number of aromatic nitrogens is 2. The minimum atomic E-state index is -0.189. The summed E-state index contributed by atoms with van der Waals surface area (Å²) in [5.74, 6) is -0.189. The van der Waals surface area contributed by atoms with Crippen LogP contribution in [-0.2, 0) is 6.42 Å². The molecule has 0 aliphatic carbocycles. The monoisotopic (exact) mass is 242 g/mol. The molecular weight excluding hydrogens is 235 g/mol. The number of H-pyrrole nitrogens is 1. The highest BCUT2D eigenvalue weighted by molar-refractivity contribution is 9.10. The molecule has 1 aromatic heterocycles. The van der Waals surface area contributed by atoms with Gasteiger partial charge in [-0.1, -0.05) is 6.92 Å². The van der Waals surface area contributed by atoms with Gasteiger partial charge in [0.25, 0.3) is 0 Å². The SMILES string of the molecule is CCc1c(F)cc2[nH]ncc2c1Br. The van der Waals surface area contributed by atoms with Gasteiger partial charge in [0, 0.05) is 15.4 Å². The lowest BCUT2D eigenvalue weighted by Crippen LogP contribution is -1.89. The minimum absolute atomic E-state index is 0.189. The van der Waals surface area contributed by atoms with E-state index in [2.05, 4.69) is 26.1 Å². The quantitative estimate of drug-likeness (QED) is 0.819. The van der Waals surface area contributed by atoms with Crippen LogP contribution in [0.4, 0.5) is 4.39 Å². The molecule has 68 valence electrons. The number of aromatic amines is 1. The summed E-state index contributed by atoms with van der Waals surface area (Å²) in [5.41, 5.74) is 1.43. The van der Waals surface area contributed by atoms with E-state index >= 15 is 0 Å². The molecule has 2 rings (SSSR count). The summed E-state index contributed by atoms with van der Waals surface area (Å²) in [7, 11) is 0. The van der Waals surface area contributed by atoms with Crippen LogP contribution in [0.15, 0.2) is 16.7 Å². The van der Waals surface area contributed by atoms with E-state index in [4.69, 9.17) is 0 Å². The van der Waals surface area contributed by atoms with Crippen molar-refractivity contribution in [1.82, 2.24) is 10.2 Å². The van der Waals surface area contributed by atoms with Gasteiger partial charge in [0.2, 0.25) is 0 Å². The summed E-state index contributed by atoms with van der Waals surface area (Å²) >= 11 is 3.37. The van der Waals surface area contributed by atoms with E-state index in [1.165, 1.54) is 6.07 Å². The highest BCUT2D eigenvalue weighted by atomic mass is 79.9. The first-order valence-electron chi connectivity index (χ1n) is 4.04. The van der Waals surface area contributed by atoms with Crippen LogP contribution in [0.5, 0.6) is 0 Å². The van der Waals surface area contributed by atoms with Crippen LogP contribution in [0.3, 0.4) is 0 Å². The van der Waals surface area contributed by atoms with Crippen molar-refractivity contribution >= 4 is 26.8 Å². The van der Waals surface area contributed by atoms with Gasteiger partial charge in [-0.2, -0.15) is 5.10 Å². The van der Waals surface area contributed by atoms with Gasteiger partial charge >= 0.3 is 0 Å². The normalized spacial score (nSPS) is 11.0. The lowest BCUT2D eigenvalue weighted by Gasteiger charge is -2.03. The van der Waals surface area contributed by atoms with Crippen LogP contribution < -0.4 is 0 Å². The number of hydrogen-bond acceptors (Lipinski definition) is 1. The number of fused-ring (bicyclic) bond motifs is 1. The predicted molar refractivity (Wildman–Crippen MR) is 53.1 cm³/mol. The Kier molecular flexibility index (Phi) is 2.07. The molecule has 4 heteroatoms. The summed E-state index contributed by atoms with van der Waals surface area (Å²) in [6, 6.07) is 1.48. The van der Waals surface area contributed by atoms with Crippen molar-refractivity contribution in [2.45, 2.75) is 13.3 Å². The second-order valence-electron chi connectivity index (χ2n) is 2.84. The van der Waals surface area contributed by atoms with E-state index in [0.29, 0.717) is 12.0 Å². The second kappa shape index (κ2) is 3.10. The van der Waals surface area contributed by atoms with Crippen LogP contribution in [0.1, 0.15) is 12.5 Å². The first-order valence-corrected chi connectivity index (χ1v) is 4.83. The average Bonchev–Trinajstić information content (AvgIpc) is 2.53. The van der Waals surface area contributed by atoms with E-state index < -0.39 is 0 Å². The maximum Gasteiger partial charge on any atom is 0.129 e. The first kappa shape index (κ1) is 8.69. The number of hydrogen-bond donors (Lipinski definition) is 1. The van der Waals surface area contributed by atoms with Gasteiger partial charge in [0.15, 0.2) is 0 Å². The third-order valence-electron chi connectivity index (χ3n) is 2.08. The second-order valence-corrected chi connectivity index (χ2v) is 3.63. The molecule has 0 aliphatic rings. The Morgan fingerprint density at radius 1 is 1.62 bits per heavy atom. The van der Waals surface area contributed by atoms with Crippen LogP contribution in [0.25, 0.3) is 10.9 Å². The van der Waals surface area contributed by atoms with Gasteiger partial charge in [-0.25, -0.2) is 4.39 Å². The van der Waals surface area contributed by atoms with Crippen molar-refractivity contribution in [3.05, 3.63) is 28.1 Å². The predicted octanol–water partition coefficient (Wildman–Crippen LogP) is 3.03. The molecule has 1 heterocycles. The zero-order valence-electron chi connectivity index (χ0n) is 7.06. The van der Waals surface area contributed by atoms with Crippen molar-refractivity contribution in [1.29, 1.82) is 0 Å². The third kappa shape index (κ3) is 1.25. The summed E-state index contributed by atoms with van der Waals surface area (Å²) < 4.78 is 14.2. The van der Waals surface area contributed by atoms with Crippen molar-refractivity contribution in [2.75, 3.05) is 0 Å². The zero-order valence-corrected chi connectivity index (χ0v) is 8.65. The number of halogens is 2. The van der Waals surface area contributed by atoms with Crippen molar-refractivity contribution < 1.29 is 4.39 Å². The standard InChI is InChI=1S/C9H8BrFN2/c1-2-5-7(11)3-8-6(9(5)10)4-12-13-8/h3-4H,2H2,1H3,(H,12,13). The largest absolute Gasteiger partial charge is 0.278 e. The van der Waals surface area contributed by atoms with Gasteiger partial charge in [-0.05, 0) is 28.4 Å². The fraction of sp³-hybridized carbons (Fsp3) is 0.222. The first-order chi connectivity index (χ1) is 6.24. The van der Waals surface area contributed by atoms with Crippen LogP contribution >= 0.6 is 15.9 Å². The molecule has 0 saturated heterocycles. The molecule has 2 aromatic rings. The minimum Gasteiger partial charge on any atom is -0.278 e. The molecule has 0 aliphatic heterocycles. The van der Waals surface area contributed by atoms with Crippen LogP contribution in [0.2, 0.25) is 0 Å². The van der Waals surface area contributed by atoms with Crippen molar-refractivity contribution in [3.8, 4) is 0 Å². The van der Waals surface area contributed by atoms with E-state index in [1.807, 2.05) is 6.92 Å². The molecular formula is C9H8BrFN2. The van der Waals surface area contributed by atoms with E-state index in [9.17, 15) is 4.39 Å². The molecule has 2 nitrogen and oxygen atoms in total. The summed E-state index contributed by atoms with van der Waals surface area (Å²) in [6.45, 7) is 1.93. The fourth-order valence-corrected chi connectivity index (χ4v) is 2.17.